The predicted molar refractivity (Wildman–Crippen MR) is 130 cm³/mol. The van der Waals surface area contributed by atoms with E-state index in [-0.39, 0.29) is 23.6 Å². The minimum Gasteiger partial charge on any atom is -0.507 e. The molecule has 0 aliphatic rings. The van der Waals surface area contributed by atoms with Crippen LogP contribution in [0.5, 0.6) is 11.5 Å². The summed E-state index contributed by atoms with van der Waals surface area (Å²) in [6.07, 6.45) is 3.39. The molecule has 0 heterocycles. The van der Waals surface area contributed by atoms with E-state index in [4.69, 9.17) is 9.98 Å². The average molecular weight is 421 g/mol. The molecule has 4 rings (SSSR count). The molecular formula is C28H24N2O2. The zero-order valence-corrected chi connectivity index (χ0v) is 17.5. The molecule has 0 unspecified atom stereocenters. The summed E-state index contributed by atoms with van der Waals surface area (Å²) >= 11 is 0. The first kappa shape index (κ1) is 21.1. The number of aromatic hydroxyl groups is 2. The van der Waals surface area contributed by atoms with Crippen LogP contribution >= 0.6 is 0 Å². The van der Waals surface area contributed by atoms with Crippen molar-refractivity contribution in [3.05, 3.63) is 131 Å². The van der Waals surface area contributed by atoms with Crippen LogP contribution in [0.25, 0.3) is 0 Å². The maximum Gasteiger partial charge on any atom is 0.124 e. The number of hydrogen-bond acceptors (Lipinski definition) is 4. The number of hydrogen-bond donors (Lipinski definition) is 2. The van der Waals surface area contributed by atoms with E-state index in [0.717, 1.165) is 11.1 Å². The number of aliphatic imine (C=N–C) groups is 2. The number of phenolic OH excluding ortho intramolecular Hbond substituents is 2. The van der Waals surface area contributed by atoms with Gasteiger partial charge in [-0.15, -0.1) is 0 Å². The van der Waals surface area contributed by atoms with Crippen molar-refractivity contribution in [1.82, 2.24) is 0 Å². The highest BCUT2D eigenvalue weighted by atomic mass is 16.3. The van der Waals surface area contributed by atoms with E-state index in [9.17, 15) is 10.2 Å². The van der Waals surface area contributed by atoms with Crippen LogP contribution in [0.1, 0.15) is 34.3 Å². The van der Waals surface area contributed by atoms with Gasteiger partial charge in [0.05, 0.1) is 0 Å². The molecule has 4 aromatic rings. The third kappa shape index (κ3) is 5.10. The number of phenols is 2. The predicted octanol–water partition coefficient (Wildman–Crippen LogP) is 6.12. The molecule has 0 saturated heterocycles. The van der Waals surface area contributed by atoms with E-state index < -0.39 is 0 Å². The van der Waals surface area contributed by atoms with Crippen molar-refractivity contribution in [1.29, 1.82) is 0 Å². The minimum atomic E-state index is -0.333. The van der Waals surface area contributed by atoms with Gasteiger partial charge in [0, 0.05) is 23.6 Å². The Balaban J connectivity index is 1.79. The van der Waals surface area contributed by atoms with Crippen molar-refractivity contribution < 1.29 is 10.2 Å². The molecule has 0 bridgehead atoms. The van der Waals surface area contributed by atoms with E-state index in [1.165, 1.54) is 0 Å². The summed E-state index contributed by atoms with van der Waals surface area (Å²) in [7, 11) is 0. The second kappa shape index (κ2) is 10.2. The van der Waals surface area contributed by atoms with Gasteiger partial charge in [-0.25, -0.2) is 0 Å². The molecule has 4 heteroatoms. The van der Waals surface area contributed by atoms with E-state index in [0.29, 0.717) is 11.1 Å². The molecule has 4 aromatic carbocycles. The normalized spacial score (nSPS) is 13.4. The van der Waals surface area contributed by atoms with Crippen molar-refractivity contribution in [3.8, 4) is 11.5 Å². The molecule has 0 aliphatic carbocycles. The molecule has 32 heavy (non-hydrogen) atoms. The Morgan fingerprint density at radius 1 is 0.469 bits per heavy atom. The summed E-state index contributed by atoms with van der Waals surface area (Å²) in [6.45, 7) is 0. The zero-order chi connectivity index (χ0) is 22.2. The Kier molecular flexibility index (Phi) is 6.73. The van der Waals surface area contributed by atoms with Crippen molar-refractivity contribution in [2.45, 2.75) is 12.1 Å². The zero-order valence-electron chi connectivity index (χ0n) is 17.5. The Hall–Kier alpha value is -4.18. The van der Waals surface area contributed by atoms with Gasteiger partial charge in [-0.3, -0.25) is 9.98 Å². The van der Waals surface area contributed by atoms with Gasteiger partial charge in [-0.1, -0.05) is 84.9 Å². The Bertz CT molecular complexity index is 1110. The standard InChI is InChI=1S/C28H24N2O2/c31-25-17-9-7-15-23(25)19-29-27(21-11-3-1-4-12-21)28(22-13-5-2-6-14-22)30-20-24-16-8-10-18-26(24)32/h1-20,27-28,31-32H/b29-19+,30-20+/t27-,28-/m0/s1. The smallest absolute Gasteiger partial charge is 0.124 e. The molecule has 0 fully saturated rings. The van der Waals surface area contributed by atoms with Crippen molar-refractivity contribution in [2.75, 3.05) is 0 Å². The Labute approximate surface area is 187 Å². The molecular weight excluding hydrogens is 396 g/mol. The summed E-state index contributed by atoms with van der Waals surface area (Å²) in [5, 5.41) is 20.4. The lowest BCUT2D eigenvalue weighted by Gasteiger charge is -2.22. The van der Waals surface area contributed by atoms with E-state index in [1.54, 1.807) is 36.7 Å². The molecule has 0 radical (unpaired) electrons. The highest BCUT2D eigenvalue weighted by molar-refractivity contribution is 5.84. The van der Waals surface area contributed by atoms with Crippen LogP contribution in [0.2, 0.25) is 0 Å². The summed E-state index contributed by atoms with van der Waals surface area (Å²) in [4.78, 5) is 9.75. The summed E-state index contributed by atoms with van der Waals surface area (Å²) in [5.41, 5.74) is 3.29. The monoisotopic (exact) mass is 420 g/mol. The minimum absolute atomic E-state index is 0.178. The fourth-order valence-electron chi connectivity index (χ4n) is 3.51. The van der Waals surface area contributed by atoms with E-state index in [1.807, 2.05) is 84.9 Å². The van der Waals surface area contributed by atoms with Crippen LogP contribution in [0.15, 0.2) is 119 Å². The molecule has 0 aliphatic heterocycles. The number of para-hydroxylation sites is 2. The molecule has 2 N–H and O–H groups in total. The molecule has 0 amide bonds. The summed E-state index contributed by atoms with van der Waals surface area (Å²) < 4.78 is 0. The number of benzene rings is 4. The van der Waals surface area contributed by atoms with Gasteiger partial charge in [0.15, 0.2) is 0 Å². The van der Waals surface area contributed by atoms with E-state index >= 15 is 0 Å². The maximum atomic E-state index is 10.2. The van der Waals surface area contributed by atoms with Gasteiger partial charge in [-0.2, -0.15) is 0 Å². The van der Waals surface area contributed by atoms with Gasteiger partial charge in [0.1, 0.15) is 23.6 Å². The van der Waals surface area contributed by atoms with Crippen LogP contribution in [0, 0.1) is 0 Å². The van der Waals surface area contributed by atoms with Crippen LogP contribution < -0.4 is 0 Å². The molecule has 158 valence electrons. The van der Waals surface area contributed by atoms with Crippen LogP contribution in [-0.2, 0) is 0 Å². The first-order valence-corrected chi connectivity index (χ1v) is 10.4. The summed E-state index contributed by atoms with van der Waals surface area (Å²) in [5.74, 6) is 0.356. The molecule has 0 spiro atoms. The summed E-state index contributed by atoms with van der Waals surface area (Å²) in [6, 6.07) is 33.5. The van der Waals surface area contributed by atoms with Gasteiger partial charge in [0.2, 0.25) is 0 Å². The molecule has 0 aromatic heterocycles. The second-order valence-corrected chi connectivity index (χ2v) is 7.39. The van der Waals surface area contributed by atoms with Crippen molar-refractivity contribution in [2.24, 2.45) is 9.98 Å². The highest BCUT2D eigenvalue weighted by Crippen LogP contribution is 2.36. The molecule has 0 saturated carbocycles. The van der Waals surface area contributed by atoms with Gasteiger partial charge in [0.25, 0.3) is 0 Å². The van der Waals surface area contributed by atoms with Crippen LogP contribution in [-0.4, -0.2) is 22.6 Å². The fourth-order valence-corrected chi connectivity index (χ4v) is 3.51. The topological polar surface area (TPSA) is 65.2 Å². The number of nitrogens with zero attached hydrogens (tertiary/aromatic N) is 2. The van der Waals surface area contributed by atoms with Gasteiger partial charge >= 0.3 is 0 Å². The second-order valence-electron chi connectivity index (χ2n) is 7.39. The number of rotatable bonds is 7. The fraction of sp³-hybridized carbons (Fsp3) is 0.0714. The first-order valence-electron chi connectivity index (χ1n) is 10.4. The average Bonchev–Trinajstić information content (AvgIpc) is 2.84. The third-order valence-electron chi connectivity index (χ3n) is 5.20. The maximum absolute atomic E-state index is 10.2. The van der Waals surface area contributed by atoms with Crippen LogP contribution in [0.3, 0.4) is 0 Å². The van der Waals surface area contributed by atoms with Crippen molar-refractivity contribution in [3.63, 3.8) is 0 Å². The van der Waals surface area contributed by atoms with Gasteiger partial charge < -0.3 is 10.2 Å². The first-order chi connectivity index (χ1) is 15.7. The van der Waals surface area contributed by atoms with E-state index in [2.05, 4.69) is 0 Å². The lowest BCUT2D eigenvalue weighted by Crippen LogP contribution is -2.09. The quantitative estimate of drug-likeness (QED) is 0.354. The third-order valence-corrected chi connectivity index (χ3v) is 5.20. The lowest BCUT2D eigenvalue weighted by molar-refractivity contribution is 0.473. The molecule has 4 nitrogen and oxygen atoms in total. The molecule has 2 atom stereocenters. The van der Waals surface area contributed by atoms with Gasteiger partial charge in [-0.05, 0) is 35.4 Å². The largest absolute Gasteiger partial charge is 0.507 e. The van der Waals surface area contributed by atoms with Crippen molar-refractivity contribution >= 4 is 12.4 Å². The Morgan fingerprint density at radius 3 is 1.19 bits per heavy atom. The van der Waals surface area contributed by atoms with Crippen LogP contribution in [0.4, 0.5) is 0 Å². The lowest BCUT2D eigenvalue weighted by atomic mass is 9.94. The SMILES string of the molecule is Oc1ccccc1/C=N/[C@@H](c1ccccc1)[C@@H](/N=C/c1ccccc1O)c1ccccc1. The Morgan fingerprint density at radius 2 is 0.812 bits per heavy atom. The highest BCUT2D eigenvalue weighted by Gasteiger charge is 2.23.